The van der Waals surface area contributed by atoms with Gasteiger partial charge in [-0.15, -0.1) is 0 Å². The van der Waals surface area contributed by atoms with E-state index in [0.717, 1.165) is 12.8 Å². The predicted octanol–water partition coefficient (Wildman–Crippen LogP) is 3.10. The van der Waals surface area contributed by atoms with Crippen LogP contribution in [-0.2, 0) is 4.79 Å². The van der Waals surface area contributed by atoms with Crippen molar-refractivity contribution in [3.8, 4) is 5.75 Å². The molecule has 1 aromatic rings. The molecular weight excluding hydrogens is 282 g/mol. The Morgan fingerprint density at radius 2 is 1.86 bits per heavy atom. The first-order valence-corrected chi connectivity index (χ1v) is 7.78. The molecule has 1 amide bonds. The number of hydrogen-bond acceptors (Lipinski definition) is 3. The number of benzene rings is 1. The molecule has 1 aromatic carbocycles. The van der Waals surface area contributed by atoms with Crippen LogP contribution in [0, 0.1) is 5.92 Å². The summed E-state index contributed by atoms with van der Waals surface area (Å²) < 4.78 is 5.38. The lowest BCUT2D eigenvalue weighted by Crippen LogP contribution is -2.24. The molecule has 0 aromatic heterocycles. The minimum absolute atomic E-state index is 0.0954. The molecule has 0 aliphatic heterocycles. The molecule has 5 nitrogen and oxygen atoms in total. The van der Waals surface area contributed by atoms with Gasteiger partial charge in [0, 0.05) is 12.1 Å². The molecule has 1 atom stereocenters. The largest absolute Gasteiger partial charge is 0.493 e. The van der Waals surface area contributed by atoms with Crippen molar-refractivity contribution in [2.75, 3.05) is 13.2 Å². The molecule has 0 aliphatic carbocycles. The quantitative estimate of drug-likeness (QED) is 0.651. The highest BCUT2D eigenvalue weighted by Gasteiger charge is 2.11. The van der Waals surface area contributed by atoms with Crippen LogP contribution in [0.25, 0.3) is 0 Å². The summed E-state index contributed by atoms with van der Waals surface area (Å²) >= 11 is 0. The highest BCUT2D eigenvalue weighted by Crippen LogP contribution is 2.13. The summed E-state index contributed by atoms with van der Waals surface area (Å²) in [5.41, 5.74) is 0.578. The lowest BCUT2D eigenvalue weighted by atomic mass is 10.2. The van der Waals surface area contributed by atoms with Crippen molar-refractivity contribution < 1.29 is 19.4 Å². The minimum Gasteiger partial charge on any atom is -0.493 e. The normalized spacial score (nSPS) is 11.7. The van der Waals surface area contributed by atoms with Crippen LogP contribution in [0.15, 0.2) is 24.3 Å². The third-order valence-electron chi connectivity index (χ3n) is 3.35. The fraction of sp³-hybridized carbons (Fsp3) is 0.529. The molecule has 5 heteroatoms. The van der Waals surface area contributed by atoms with Crippen molar-refractivity contribution in [2.24, 2.45) is 5.92 Å². The lowest BCUT2D eigenvalue weighted by Gasteiger charge is -2.10. The van der Waals surface area contributed by atoms with Crippen LogP contribution in [0.1, 0.15) is 49.9 Å². The second-order valence-corrected chi connectivity index (χ2v) is 5.39. The number of unbranched alkanes of at least 4 members (excludes halogenated alkanes) is 3. The maximum Gasteiger partial charge on any atom is 0.309 e. The molecule has 0 bridgehead atoms. The highest BCUT2D eigenvalue weighted by molar-refractivity contribution is 5.94. The van der Waals surface area contributed by atoms with Crippen LogP contribution >= 0.6 is 0 Å². The zero-order chi connectivity index (χ0) is 16.4. The maximum absolute atomic E-state index is 11.9. The standard InChI is InChI=1S/C17H25NO4/c1-3-4-5-6-11-18-16(19)14-7-9-15(10-8-14)22-12-13(2)17(20)21/h7-10,13H,3-6,11-12H2,1-2H3,(H,18,19)(H,20,21). The second kappa shape index (κ2) is 9.82. The summed E-state index contributed by atoms with van der Waals surface area (Å²) in [5, 5.41) is 11.7. The highest BCUT2D eigenvalue weighted by atomic mass is 16.5. The fourth-order valence-corrected chi connectivity index (χ4v) is 1.85. The first kappa shape index (κ1) is 18.0. The number of ether oxygens (including phenoxy) is 1. The molecule has 0 fully saturated rings. The van der Waals surface area contributed by atoms with Crippen molar-refractivity contribution in [3.05, 3.63) is 29.8 Å². The number of nitrogens with one attached hydrogen (secondary N) is 1. The SMILES string of the molecule is CCCCCCNC(=O)c1ccc(OCC(C)C(=O)O)cc1. The van der Waals surface area contributed by atoms with E-state index in [9.17, 15) is 9.59 Å². The number of aliphatic carboxylic acids is 1. The third kappa shape index (κ3) is 6.61. The van der Waals surface area contributed by atoms with E-state index in [-0.39, 0.29) is 12.5 Å². The van der Waals surface area contributed by atoms with Crippen molar-refractivity contribution >= 4 is 11.9 Å². The Hall–Kier alpha value is -2.04. The van der Waals surface area contributed by atoms with E-state index in [1.807, 2.05) is 0 Å². The topological polar surface area (TPSA) is 75.6 Å². The summed E-state index contributed by atoms with van der Waals surface area (Å²) in [6.45, 7) is 4.54. The molecule has 0 radical (unpaired) electrons. The zero-order valence-corrected chi connectivity index (χ0v) is 13.3. The maximum atomic E-state index is 11.9. The smallest absolute Gasteiger partial charge is 0.309 e. The van der Waals surface area contributed by atoms with Gasteiger partial charge in [0.05, 0.1) is 5.92 Å². The van der Waals surface area contributed by atoms with Crippen molar-refractivity contribution in [1.29, 1.82) is 0 Å². The molecule has 122 valence electrons. The van der Waals surface area contributed by atoms with Gasteiger partial charge in [0.2, 0.25) is 0 Å². The minimum atomic E-state index is -0.890. The van der Waals surface area contributed by atoms with Crippen molar-refractivity contribution in [3.63, 3.8) is 0 Å². The average molecular weight is 307 g/mol. The van der Waals surface area contributed by atoms with Gasteiger partial charge in [-0.05, 0) is 37.6 Å². The molecule has 0 saturated carbocycles. The van der Waals surface area contributed by atoms with E-state index in [4.69, 9.17) is 9.84 Å². The van der Waals surface area contributed by atoms with Crippen LogP contribution < -0.4 is 10.1 Å². The van der Waals surface area contributed by atoms with Crippen molar-refractivity contribution in [1.82, 2.24) is 5.32 Å². The molecule has 1 rings (SSSR count). The Bertz CT molecular complexity index is 470. The zero-order valence-electron chi connectivity index (χ0n) is 13.3. The number of carbonyl (C=O) groups is 2. The van der Waals surface area contributed by atoms with Gasteiger partial charge >= 0.3 is 5.97 Å². The monoisotopic (exact) mass is 307 g/mol. The van der Waals surface area contributed by atoms with Crippen LogP contribution in [0.5, 0.6) is 5.75 Å². The van der Waals surface area contributed by atoms with Crippen LogP contribution in [-0.4, -0.2) is 30.1 Å². The Kier molecular flexibility index (Phi) is 8.04. The first-order valence-electron chi connectivity index (χ1n) is 7.78. The molecule has 0 heterocycles. The summed E-state index contributed by atoms with van der Waals surface area (Å²) in [6, 6.07) is 6.73. The molecule has 2 N–H and O–H groups in total. The van der Waals surface area contributed by atoms with Gasteiger partial charge in [-0.1, -0.05) is 26.2 Å². The van der Waals surface area contributed by atoms with Gasteiger partial charge in [-0.2, -0.15) is 0 Å². The fourth-order valence-electron chi connectivity index (χ4n) is 1.85. The van der Waals surface area contributed by atoms with E-state index < -0.39 is 11.9 Å². The number of carboxylic acids is 1. The Morgan fingerprint density at radius 1 is 1.18 bits per heavy atom. The summed E-state index contributed by atoms with van der Waals surface area (Å²) in [6.07, 6.45) is 4.49. The summed E-state index contributed by atoms with van der Waals surface area (Å²) in [4.78, 5) is 22.6. The number of amides is 1. The van der Waals surface area contributed by atoms with Gasteiger partial charge in [0.1, 0.15) is 12.4 Å². The summed E-state index contributed by atoms with van der Waals surface area (Å²) in [7, 11) is 0. The van der Waals surface area contributed by atoms with Crippen LogP contribution in [0.2, 0.25) is 0 Å². The van der Waals surface area contributed by atoms with E-state index in [0.29, 0.717) is 17.9 Å². The molecule has 1 unspecified atom stereocenters. The second-order valence-electron chi connectivity index (χ2n) is 5.39. The molecule has 0 saturated heterocycles. The molecule has 22 heavy (non-hydrogen) atoms. The summed E-state index contributed by atoms with van der Waals surface area (Å²) in [5.74, 6) is -0.986. The Morgan fingerprint density at radius 3 is 2.45 bits per heavy atom. The number of rotatable bonds is 10. The number of carboxylic acid groups (broad SMARTS) is 1. The van der Waals surface area contributed by atoms with Crippen LogP contribution in [0.4, 0.5) is 0 Å². The predicted molar refractivity (Wildman–Crippen MR) is 85.2 cm³/mol. The van der Waals surface area contributed by atoms with Gasteiger partial charge in [0.25, 0.3) is 5.91 Å². The Balaban J connectivity index is 2.37. The molecule has 0 spiro atoms. The number of carbonyl (C=O) groups excluding carboxylic acids is 1. The first-order chi connectivity index (χ1) is 10.5. The third-order valence-corrected chi connectivity index (χ3v) is 3.35. The van der Waals surface area contributed by atoms with E-state index in [1.54, 1.807) is 31.2 Å². The molecular formula is C17H25NO4. The van der Waals surface area contributed by atoms with E-state index in [1.165, 1.54) is 12.8 Å². The van der Waals surface area contributed by atoms with E-state index >= 15 is 0 Å². The van der Waals surface area contributed by atoms with Crippen molar-refractivity contribution in [2.45, 2.75) is 39.5 Å². The van der Waals surface area contributed by atoms with Gasteiger partial charge in [0.15, 0.2) is 0 Å². The average Bonchev–Trinajstić information content (AvgIpc) is 2.52. The number of hydrogen-bond donors (Lipinski definition) is 2. The van der Waals surface area contributed by atoms with Gasteiger partial charge < -0.3 is 15.2 Å². The van der Waals surface area contributed by atoms with E-state index in [2.05, 4.69) is 12.2 Å². The lowest BCUT2D eigenvalue weighted by molar-refractivity contribution is -0.142. The van der Waals surface area contributed by atoms with Gasteiger partial charge in [-0.25, -0.2) is 0 Å². The Labute approximate surface area is 131 Å². The molecule has 0 aliphatic rings. The van der Waals surface area contributed by atoms with Crippen LogP contribution in [0.3, 0.4) is 0 Å². The van der Waals surface area contributed by atoms with Gasteiger partial charge in [-0.3, -0.25) is 9.59 Å².